The van der Waals surface area contributed by atoms with Gasteiger partial charge in [-0.05, 0) is 54.9 Å². The van der Waals surface area contributed by atoms with Crippen molar-refractivity contribution in [1.82, 2.24) is 0 Å². The molecule has 0 radical (unpaired) electrons. The molecule has 0 aromatic heterocycles. The van der Waals surface area contributed by atoms with Crippen molar-refractivity contribution in [3.8, 4) is 0 Å². The Morgan fingerprint density at radius 1 is 1.02 bits per heavy atom. The van der Waals surface area contributed by atoms with E-state index in [1.807, 2.05) is 13.8 Å². The maximum Gasteiger partial charge on any atom is 0.338 e. The zero-order valence-electron chi connectivity index (χ0n) is 23.9. The van der Waals surface area contributed by atoms with E-state index in [1.165, 1.54) is 13.8 Å². The lowest BCUT2D eigenvalue weighted by atomic mass is 9.46. The van der Waals surface area contributed by atoms with Gasteiger partial charge in [0, 0.05) is 25.2 Å². The largest absolute Gasteiger partial charge is 0.458 e. The number of ketones is 1. The van der Waals surface area contributed by atoms with E-state index < -0.39 is 70.6 Å². The predicted molar refractivity (Wildman–Crippen MR) is 142 cm³/mol. The van der Waals surface area contributed by atoms with Crippen LogP contribution in [-0.2, 0) is 33.3 Å². The number of carbonyl (C=O) groups excluding carboxylic acids is 4. The minimum Gasteiger partial charge on any atom is -0.458 e. The van der Waals surface area contributed by atoms with Gasteiger partial charge in [0.2, 0.25) is 0 Å². The molecule has 2 bridgehead atoms. The first-order valence-corrected chi connectivity index (χ1v) is 13.9. The number of ether oxygens (including phenoxy) is 4. The van der Waals surface area contributed by atoms with Crippen molar-refractivity contribution in [2.24, 2.45) is 22.7 Å². The zero-order valence-corrected chi connectivity index (χ0v) is 23.9. The molecule has 8 atom stereocenters. The third kappa shape index (κ3) is 4.20. The van der Waals surface area contributed by atoms with Gasteiger partial charge in [-0.1, -0.05) is 39.0 Å². The summed E-state index contributed by atoms with van der Waals surface area (Å²) in [7, 11) is 0. The third-order valence-electron chi connectivity index (χ3n) is 9.88. The fourth-order valence-electron chi connectivity index (χ4n) is 8.00. The summed E-state index contributed by atoms with van der Waals surface area (Å²) in [6.45, 7) is 10.0. The lowest BCUT2D eigenvalue weighted by Crippen LogP contribution is -2.76. The number of benzene rings is 1. The fourth-order valence-corrected chi connectivity index (χ4v) is 8.00. The van der Waals surface area contributed by atoms with Crippen molar-refractivity contribution in [1.29, 1.82) is 0 Å². The van der Waals surface area contributed by atoms with E-state index in [4.69, 9.17) is 18.9 Å². The molecule has 3 fully saturated rings. The summed E-state index contributed by atoms with van der Waals surface area (Å²) < 4.78 is 24.1. The molecule has 0 amide bonds. The van der Waals surface area contributed by atoms with Crippen LogP contribution in [0.4, 0.5) is 0 Å². The number of aliphatic hydroxyl groups excluding tert-OH is 1. The Bertz CT molecular complexity index is 1270. The molecule has 2 saturated carbocycles. The molecule has 1 aromatic carbocycles. The Kier molecular flexibility index (Phi) is 6.98. The van der Waals surface area contributed by atoms with Crippen LogP contribution in [0.1, 0.15) is 71.2 Å². The molecular formula is C31H38O9. The maximum atomic E-state index is 14.7. The van der Waals surface area contributed by atoms with Crippen LogP contribution in [0, 0.1) is 22.7 Å². The topological polar surface area (TPSA) is 125 Å². The smallest absolute Gasteiger partial charge is 0.338 e. The molecule has 40 heavy (non-hydrogen) atoms. The summed E-state index contributed by atoms with van der Waals surface area (Å²) >= 11 is 0. The van der Waals surface area contributed by atoms with Crippen molar-refractivity contribution < 1.29 is 43.2 Å². The van der Waals surface area contributed by atoms with Gasteiger partial charge in [-0.25, -0.2) is 4.79 Å². The van der Waals surface area contributed by atoms with E-state index >= 15 is 0 Å². The predicted octanol–water partition coefficient (Wildman–Crippen LogP) is 3.57. The molecule has 1 aliphatic heterocycles. The summed E-state index contributed by atoms with van der Waals surface area (Å²) in [6, 6.07) is 8.58. The van der Waals surface area contributed by atoms with Crippen molar-refractivity contribution in [3.63, 3.8) is 0 Å². The van der Waals surface area contributed by atoms with E-state index in [0.717, 1.165) is 0 Å². The van der Waals surface area contributed by atoms with Crippen LogP contribution in [0.15, 0.2) is 41.5 Å². The van der Waals surface area contributed by atoms with Crippen molar-refractivity contribution in [2.45, 2.75) is 90.8 Å². The molecule has 4 aliphatic rings. The lowest BCUT2D eigenvalue weighted by molar-refractivity contribution is -0.320. The summed E-state index contributed by atoms with van der Waals surface area (Å²) in [5, 5.41) is 11.3. The molecular weight excluding hydrogens is 516 g/mol. The highest BCUT2D eigenvalue weighted by Crippen LogP contribution is 2.63. The van der Waals surface area contributed by atoms with Crippen LogP contribution in [0.2, 0.25) is 0 Å². The molecule has 0 spiro atoms. The normalized spacial score (nSPS) is 38.0. The first kappa shape index (κ1) is 28.5. The standard InChI is InChI=1S/C31H38O9/c1-16-21(34)14-20-24(39-28(36)19-10-8-7-9-11-19)26-30(6,13-12-22-31(26,15-37-22)40-18(3)33)27(35)25(38-17(2)32)23(16)29(20,4)5/h7-11,20-22,24-26,34H,12-15H2,1-6H3/t20?,21-,22+,24+,25+,26-,30+,31-/m0/s1. The zero-order chi connectivity index (χ0) is 29.2. The number of hydrogen-bond donors (Lipinski definition) is 1. The molecule has 9 nitrogen and oxygen atoms in total. The number of rotatable bonds is 4. The molecule has 216 valence electrons. The monoisotopic (exact) mass is 554 g/mol. The molecule has 1 heterocycles. The average Bonchev–Trinajstić information content (AvgIpc) is 2.87. The van der Waals surface area contributed by atoms with Crippen molar-refractivity contribution >= 4 is 23.7 Å². The number of hydrogen-bond acceptors (Lipinski definition) is 9. The SMILES string of the molecule is CC(=O)O[C@H]1C(=O)[C@]2(C)CC[C@H]3OC[C@@]3(OC(C)=O)[C@H]2[C@H](OC(=O)c2ccccc2)C2C[C@H](O)C(C)=C1C2(C)C. The van der Waals surface area contributed by atoms with Gasteiger partial charge in [-0.3, -0.25) is 14.4 Å². The molecule has 5 rings (SSSR count). The molecule has 3 aliphatic carbocycles. The van der Waals surface area contributed by atoms with E-state index in [-0.39, 0.29) is 18.8 Å². The average molecular weight is 555 g/mol. The van der Waals surface area contributed by atoms with Gasteiger partial charge in [0.05, 0.1) is 24.2 Å². The van der Waals surface area contributed by atoms with E-state index in [9.17, 15) is 24.3 Å². The van der Waals surface area contributed by atoms with Gasteiger partial charge in [-0.15, -0.1) is 0 Å². The van der Waals surface area contributed by atoms with Crippen LogP contribution in [0.3, 0.4) is 0 Å². The minimum atomic E-state index is -1.24. The van der Waals surface area contributed by atoms with Crippen molar-refractivity contribution in [2.75, 3.05) is 6.61 Å². The number of fused-ring (bicyclic) bond motifs is 5. The van der Waals surface area contributed by atoms with E-state index in [2.05, 4.69) is 0 Å². The highest BCUT2D eigenvalue weighted by molar-refractivity contribution is 5.94. The maximum absolute atomic E-state index is 14.7. The van der Waals surface area contributed by atoms with Crippen LogP contribution < -0.4 is 0 Å². The Hall–Kier alpha value is -3.04. The fraction of sp³-hybridized carbons (Fsp3) is 0.613. The number of esters is 3. The second kappa shape index (κ2) is 9.80. The number of carbonyl (C=O) groups is 4. The molecule has 1 N–H and O–H groups in total. The minimum absolute atomic E-state index is 0.0415. The Morgan fingerprint density at radius 2 is 1.70 bits per heavy atom. The summed E-state index contributed by atoms with van der Waals surface area (Å²) in [4.78, 5) is 53.2. The quantitative estimate of drug-likeness (QED) is 0.338. The van der Waals surface area contributed by atoms with Crippen LogP contribution in [-0.4, -0.2) is 65.4 Å². The van der Waals surface area contributed by atoms with Gasteiger partial charge in [0.25, 0.3) is 0 Å². The highest BCUT2D eigenvalue weighted by atomic mass is 16.6. The Labute approximate surface area is 234 Å². The highest BCUT2D eigenvalue weighted by Gasteiger charge is 2.73. The third-order valence-corrected chi connectivity index (χ3v) is 9.88. The summed E-state index contributed by atoms with van der Waals surface area (Å²) in [6.07, 6.45) is -2.59. The second-order valence-corrected chi connectivity index (χ2v) is 12.5. The van der Waals surface area contributed by atoms with Crippen LogP contribution in [0.25, 0.3) is 0 Å². The molecule has 1 saturated heterocycles. The second-order valence-electron chi connectivity index (χ2n) is 12.5. The van der Waals surface area contributed by atoms with Gasteiger partial charge < -0.3 is 24.1 Å². The Morgan fingerprint density at radius 3 is 2.27 bits per heavy atom. The molecule has 1 aromatic rings. The van der Waals surface area contributed by atoms with Gasteiger partial charge in [0.1, 0.15) is 12.2 Å². The molecule has 9 heteroatoms. The van der Waals surface area contributed by atoms with Crippen LogP contribution in [0.5, 0.6) is 0 Å². The van der Waals surface area contributed by atoms with E-state index in [1.54, 1.807) is 44.2 Å². The van der Waals surface area contributed by atoms with Gasteiger partial charge >= 0.3 is 17.9 Å². The molecule has 1 unspecified atom stereocenters. The van der Waals surface area contributed by atoms with E-state index in [0.29, 0.717) is 29.6 Å². The summed E-state index contributed by atoms with van der Waals surface area (Å²) in [5.74, 6) is -3.40. The van der Waals surface area contributed by atoms with Crippen molar-refractivity contribution in [3.05, 3.63) is 47.0 Å². The first-order chi connectivity index (χ1) is 18.7. The first-order valence-electron chi connectivity index (χ1n) is 13.9. The summed E-state index contributed by atoms with van der Waals surface area (Å²) in [5.41, 5.74) is -1.82. The van der Waals surface area contributed by atoms with Gasteiger partial charge in [-0.2, -0.15) is 0 Å². The number of aliphatic hydroxyl groups is 1. The lowest BCUT2D eigenvalue weighted by Gasteiger charge is -2.64. The van der Waals surface area contributed by atoms with Gasteiger partial charge in [0.15, 0.2) is 17.5 Å². The van der Waals surface area contributed by atoms with Crippen LogP contribution >= 0.6 is 0 Å². The number of Topliss-reactive ketones (excluding diaryl/α,β-unsaturated/α-hetero) is 1. The Balaban J connectivity index is 1.76.